The number of ether oxygens (including phenoxy) is 2. The molecule has 0 aliphatic rings. The van der Waals surface area contributed by atoms with Crippen molar-refractivity contribution in [1.82, 2.24) is 14.4 Å². The van der Waals surface area contributed by atoms with E-state index in [9.17, 15) is 0 Å². The van der Waals surface area contributed by atoms with E-state index in [1.807, 2.05) is 24.3 Å². The first kappa shape index (κ1) is 13.5. The second-order valence-corrected chi connectivity index (χ2v) is 4.47. The van der Waals surface area contributed by atoms with Crippen LogP contribution in [0, 0.1) is 0 Å². The van der Waals surface area contributed by atoms with Crippen LogP contribution in [-0.4, -0.2) is 28.6 Å². The van der Waals surface area contributed by atoms with E-state index in [4.69, 9.17) is 21.3 Å². The van der Waals surface area contributed by atoms with Gasteiger partial charge in [-0.2, -0.15) is 0 Å². The molecule has 2 aromatic heterocycles. The highest BCUT2D eigenvalue weighted by atomic mass is 35.5. The number of hydrogen-bond acceptors (Lipinski definition) is 5. The van der Waals surface area contributed by atoms with Crippen molar-refractivity contribution in [3.8, 4) is 22.8 Å². The number of aromatic nitrogens is 3. The summed E-state index contributed by atoms with van der Waals surface area (Å²) in [6.45, 7) is 0. The molecule has 0 unspecified atom stereocenters. The predicted octanol–water partition coefficient (Wildman–Crippen LogP) is 2.98. The van der Waals surface area contributed by atoms with Crippen LogP contribution in [0.25, 0.3) is 16.9 Å². The van der Waals surface area contributed by atoms with E-state index in [0.717, 1.165) is 16.9 Å². The third-order valence-corrected chi connectivity index (χ3v) is 3.32. The number of rotatable bonds is 4. The van der Waals surface area contributed by atoms with Gasteiger partial charge in [-0.3, -0.25) is 9.24 Å². The predicted molar refractivity (Wildman–Crippen MR) is 81.0 cm³/mol. The molecule has 3 aromatic rings. The van der Waals surface area contributed by atoms with Crippen molar-refractivity contribution in [2.45, 2.75) is 0 Å². The van der Waals surface area contributed by atoms with E-state index < -0.39 is 0 Å². The second-order valence-electron chi connectivity index (χ2n) is 4.28. The van der Waals surface area contributed by atoms with Crippen molar-refractivity contribution in [2.24, 2.45) is 0 Å². The summed E-state index contributed by atoms with van der Waals surface area (Å²) in [5.74, 6) is 1.80. The average Bonchev–Trinajstić information content (AvgIpc) is 3.01. The van der Waals surface area contributed by atoms with Crippen LogP contribution in [0.3, 0.4) is 0 Å². The lowest BCUT2D eigenvalue weighted by atomic mass is 10.1. The molecule has 0 atom stereocenters. The lowest BCUT2D eigenvalue weighted by molar-refractivity contribution is 0.355. The van der Waals surface area contributed by atoms with Crippen molar-refractivity contribution in [2.75, 3.05) is 19.1 Å². The minimum Gasteiger partial charge on any atom is -0.493 e. The van der Waals surface area contributed by atoms with Gasteiger partial charge in [-0.15, -0.1) is 0 Å². The van der Waals surface area contributed by atoms with Gasteiger partial charge in [-0.05, 0) is 18.2 Å². The lowest BCUT2D eigenvalue weighted by Gasteiger charge is -2.10. The first-order valence-corrected chi connectivity index (χ1v) is 6.57. The Bertz CT molecular complexity index is 788. The van der Waals surface area contributed by atoms with E-state index >= 15 is 0 Å². The number of methoxy groups -OCH3 is 2. The number of nitrogens with zero attached hydrogens (tertiary/aromatic N) is 3. The molecule has 0 fully saturated rings. The van der Waals surface area contributed by atoms with Gasteiger partial charge in [0.15, 0.2) is 11.5 Å². The Kier molecular flexibility index (Phi) is 3.53. The fraction of sp³-hybridized carbons (Fsp3) is 0.143. The van der Waals surface area contributed by atoms with E-state index in [2.05, 4.69) is 14.8 Å². The smallest absolute Gasteiger partial charge is 0.224 e. The Morgan fingerprint density at radius 3 is 2.67 bits per heavy atom. The van der Waals surface area contributed by atoms with Gasteiger partial charge in [0.05, 0.1) is 19.9 Å². The van der Waals surface area contributed by atoms with E-state index in [0.29, 0.717) is 17.4 Å². The first-order valence-electron chi connectivity index (χ1n) is 6.20. The summed E-state index contributed by atoms with van der Waals surface area (Å²) in [6, 6.07) is 7.47. The highest BCUT2D eigenvalue weighted by Crippen LogP contribution is 2.32. The number of imidazole rings is 1. The summed E-state index contributed by atoms with van der Waals surface area (Å²) in [4.78, 5) is 11.3. The van der Waals surface area contributed by atoms with E-state index in [-0.39, 0.29) is 0 Å². The number of fused-ring (bicyclic) bond motifs is 1. The van der Waals surface area contributed by atoms with Gasteiger partial charge in [0.1, 0.15) is 5.65 Å². The number of halogens is 1. The highest BCUT2D eigenvalue weighted by molar-refractivity contribution is 6.23. The maximum atomic E-state index is 5.72. The van der Waals surface area contributed by atoms with Crippen molar-refractivity contribution < 1.29 is 9.47 Å². The third-order valence-electron chi connectivity index (χ3n) is 3.15. The van der Waals surface area contributed by atoms with Crippen LogP contribution in [0.5, 0.6) is 11.5 Å². The molecule has 6 nitrogen and oxygen atoms in total. The molecule has 21 heavy (non-hydrogen) atoms. The van der Waals surface area contributed by atoms with Crippen molar-refractivity contribution in [3.05, 3.63) is 36.7 Å². The van der Waals surface area contributed by atoms with Gasteiger partial charge in [0.25, 0.3) is 0 Å². The van der Waals surface area contributed by atoms with Crippen molar-refractivity contribution in [3.63, 3.8) is 0 Å². The van der Waals surface area contributed by atoms with Crippen molar-refractivity contribution in [1.29, 1.82) is 0 Å². The average molecular weight is 305 g/mol. The monoisotopic (exact) mass is 304 g/mol. The topological polar surface area (TPSA) is 60.7 Å². The largest absolute Gasteiger partial charge is 0.493 e. The van der Waals surface area contributed by atoms with Gasteiger partial charge in [0.2, 0.25) is 5.95 Å². The first-order chi connectivity index (χ1) is 10.3. The molecular formula is C14H13ClN4O2. The Morgan fingerprint density at radius 2 is 1.95 bits per heavy atom. The zero-order valence-corrected chi connectivity index (χ0v) is 12.3. The molecule has 7 heteroatoms. The molecule has 0 radical (unpaired) electrons. The van der Waals surface area contributed by atoms with Crippen LogP contribution in [0.15, 0.2) is 36.7 Å². The zero-order valence-electron chi connectivity index (χ0n) is 11.5. The molecule has 108 valence electrons. The number of benzene rings is 1. The maximum absolute atomic E-state index is 5.72. The molecule has 0 spiro atoms. The Hall–Kier alpha value is -2.47. The van der Waals surface area contributed by atoms with Crippen LogP contribution >= 0.6 is 11.8 Å². The molecule has 0 bridgehead atoms. The molecule has 1 N–H and O–H groups in total. The quantitative estimate of drug-likeness (QED) is 0.751. The standard InChI is InChI=1S/C14H13ClN4O2/c1-20-11-4-3-9(7-12(11)21-2)10-8-13-16-5-6-19(13)14(17-10)18-15/h3-8H,1-2H3,(H,17,18). The van der Waals surface area contributed by atoms with Gasteiger partial charge in [-0.1, -0.05) is 0 Å². The number of nitrogens with one attached hydrogen (secondary N) is 1. The van der Waals surface area contributed by atoms with Crippen LogP contribution in [-0.2, 0) is 0 Å². The molecule has 1 aromatic carbocycles. The van der Waals surface area contributed by atoms with Crippen LogP contribution in [0.2, 0.25) is 0 Å². The third kappa shape index (κ3) is 2.34. The molecule has 0 saturated carbocycles. The molecule has 0 aliphatic heterocycles. The summed E-state index contributed by atoms with van der Waals surface area (Å²) in [5.41, 5.74) is 2.36. The molecule has 0 amide bonds. The molecule has 0 saturated heterocycles. The summed E-state index contributed by atoms with van der Waals surface area (Å²) < 4.78 is 12.3. The van der Waals surface area contributed by atoms with Gasteiger partial charge in [-0.25, -0.2) is 9.97 Å². The fourth-order valence-corrected chi connectivity index (χ4v) is 2.27. The summed E-state index contributed by atoms with van der Waals surface area (Å²) >= 11 is 5.72. The normalized spacial score (nSPS) is 10.6. The molecular weight excluding hydrogens is 292 g/mol. The number of hydrogen-bond donors (Lipinski definition) is 1. The maximum Gasteiger partial charge on any atom is 0.224 e. The second kappa shape index (κ2) is 5.49. The summed E-state index contributed by atoms with van der Waals surface area (Å²) in [5, 5.41) is 0. The summed E-state index contributed by atoms with van der Waals surface area (Å²) in [6.07, 6.45) is 3.47. The van der Waals surface area contributed by atoms with Gasteiger partial charge < -0.3 is 9.47 Å². The Morgan fingerprint density at radius 1 is 1.14 bits per heavy atom. The summed E-state index contributed by atoms with van der Waals surface area (Å²) in [7, 11) is 3.19. The highest BCUT2D eigenvalue weighted by Gasteiger charge is 2.10. The van der Waals surface area contributed by atoms with Crippen LogP contribution in [0.1, 0.15) is 0 Å². The van der Waals surface area contributed by atoms with E-state index in [1.54, 1.807) is 31.0 Å². The van der Waals surface area contributed by atoms with Crippen molar-refractivity contribution >= 4 is 23.4 Å². The zero-order chi connectivity index (χ0) is 14.8. The molecule has 2 heterocycles. The molecule has 0 aliphatic carbocycles. The minimum atomic E-state index is 0.497. The van der Waals surface area contributed by atoms with Crippen LogP contribution in [0.4, 0.5) is 5.95 Å². The minimum absolute atomic E-state index is 0.497. The van der Waals surface area contributed by atoms with E-state index in [1.165, 1.54) is 0 Å². The Labute approximate surface area is 126 Å². The van der Waals surface area contributed by atoms with Crippen LogP contribution < -0.4 is 14.3 Å². The lowest BCUT2D eigenvalue weighted by Crippen LogP contribution is -1.99. The van der Waals surface area contributed by atoms with Gasteiger partial charge in [0, 0.05) is 35.8 Å². The van der Waals surface area contributed by atoms with Gasteiger partial charge >= 0.3 is 0 Å². The SMILES string of the molecule is COc1ccc(-c2cc3nccn3c(NCl)n2)cc1OC. The fourth-order valence-electron chi connectivity index (χ4n) is 2.13. The Balaban J connectivity index is 2.15. The molecule has 3 rings (SSSR count). The number of anilines is 1.